The molecule has 88 valence electrons. The molecule has 0 radical (unpaired) electrons. The number of ether oxygens (including phenoxy) is 1. The molecule has 0 amide bonds. The minimum Gasteiger partial charge on any atom is -0.462 e. The summed E-state index contributed by atoms with van der Waals surface area (Å²) in [7, 11) is 0. The Bertz CT molecular complexity index is 302. The monoisotopic (exact) mass is 220 g/mol. The van der Waals surface area contributed by atoms with Crippen molar-refractivity contribution in [2.75, 3.05) is 0 Å². The first-order valence-corrected chi connectivity index (χ1v) is 6.72. The average molecular weight is 220 g/mol. The number of allylic oxidation sites excluding steroid dienone is 2. The summed E-state index contributed by atoms with van der Waals surface area (Å²) in [5.41, 5.74) is 0. The van der Waals surface area contributed by atoms with Crippen molar-refractivity contribution in [2.45, 2.75) is 51.0 Å². The van der Waals surface area contributed by atoms with Crippen LogP contribution in [0.1, 0.15) is 44.9 Å². The minimum atomic E-state index is 0.0868. The maximum absolute atomic E-state index is 12.0. The molecule has 0 N–H and O–H groups in total. The number of esters is 1. The second-order valence-corrected chi connectivity index (χ2v) is 5.58. The van der Waals surface area contributed by atoms with Crippen LogP contribution in [-0.4, -0.2) is 12.1 Å². The summed E-state index contributed by atoms with van der Waals surface area (Å²) in [6.45, 7) is 0. The Hall–Kier alpha value is -0.790. The summed E-state index contributed by atoms with van der Waals surface area (Å²) in [6.07, 6.45) is 12.9. The predicted molar refractivity (Wildman–Crippen MR) is 61.8 cm³/mol. The van der Waals surface area contributed by atoms with Crippen molar-refractivity contribution in [3.8, 4) is 0 Å². The molecule has 2 bridgehead atoms. The SMILES string of the molecule is O=C(OC1CCCCC1)[C@@H]1C[C@H]2C=C[C@H]1C2. The van der Waals surface area contributed by atoms with Crippen LogP contribution in [0.3, 0.4) is 0 Å². The Morgan fingerprint density at radius 3 is 2.50 bits per heavy atom. The number of hydrogen-bond acceptors (Lipinski definition) is 2. The Morgan fingerprint density at radius 2 is 1.88 bits per heavy atom. The first-order valence-electron chi connectivity index (χ1n) is 6.72. The molecule has 0 aromatic heterocycles. The van der Waals surface area contributed by atoms with Crippen molar-refractivity contribution in [2.24, 2.45) is 17.8 Å². The van der Waals surface area contributed by atoms with E-state index in [0.29, 0.717) is 11.8 Å². The molecule has 3 aliphatic carbocycles. The summed E-state index contributed by atoms with van der Waals surface area (Å²) >= 11 is 0. The molecule has 3 atom stereocenters. The third-order valence-corrected chi connectivity index (χ3v) is 4.42. The lowest BCUT2D eigenvalue weighted by Gasteiger charge is -2.25. The maximum atomic E-state index is 12.0. The molecule has 0 saturated heterocycles. The van der Waals surface area contributed by atoms with E-state index in [1.807, 2.05) is 0 Å². The molecule has 2 nitrogen and oxygen atoms in total. The van der Waals surface area contributed by atoms with Gasteiger partial charge in [-0.25, -0.2) is 0 Å². The lowest BCUT2D eigenvalue weighted by Crippen LogP contribution is -2.28. The van der Waals surface area contributed by atoms with Crippen molar-refractivity contribution in [1.82, 2.24) is 0 Å². The summed E-state index contributed by atoms with van der Waals surface area (Å²) in [5, 5.41) is 0. The van der Waals surface area contributed by atoms with E-state index in [1.54, 1.807) is 0 Å². The molecule has 2 heteroatoms. The van der Waals surface area contributed by atoms with Crippen LogP contribution in [0.25, 0.3) is 0 Å². The van der Waals surface area contributed by atoms with E-state index in [-0.39, 0.29) is 18.0 Å². The zero-order valence-electron chi connectivity index (χ0n) is 9.73. The van der Waals surface area contributed by atoms with Gasteiger partial charge in [-0.1, -0.05) is 18.6 Å². The Labute approximate surface area is 97.1 Å². The first kappa shape index (κ1) is 10.4. The minimum absolute atomic E-state index is 0.0868. The summed E-state index contributed by atoms with van der Waals surface area (Å²) in [4.78, 5) is 12.0. The molecular formula is C14H20O2. The highest BCUT2D eigenvalue weighted by Crippen LogP contribution is 2.44. The molecule has 0 aliphatic heterocycles. The third kappa shape index (κ3) is 1.90. The van der Waals surface area contributed by atoms with Gasteiger partial charge >= 0.3 is 5.97 Å². The third-order valence-electron chi connectivity index (χ3n) is 4.42. The molecule has 0 aromatic carbocycles. The molecule has 0 aromatic rings. The van der Waals surface area contributed by atoms with Crippen LogP contribution >= 0.6 is 0 Å². The molecule has 0 spiro atoms. The van der Waals surface area contributed by atoms with E-state index in [9.17, 15) is 4.79 Å². The molecular weight excluding hydrogens is 200 g/mol. The van der Waals surface area contributed by atoms with Crippen LogP contribution in [0.2, 0.25) is 0 Å². The fourth-order valence-corrected chi connectivity index (χ4v) is 3.49. The van der Waals surface area contributed by atoms with Gasteiger partial charge in [0.1, 0.15) is 6.10 Å². The van der Waals surface area contributed by atoms with E-state index in [1.165, 1.54) is 25.7 Å². The Morgan fingerprint density at radius 1 is 1.06 bits per heavy atom. The lowest BCUT2D eigenvalue weighted by atomic mass is 9.93. The molecule has 3 rings (SSSR count). The largest absolute Gasteiger partial charge is 0.462 e. The Balaban J connectivity index is 1.55. The number of fused-ring (bicyclic) bond motifs is 2. The smallest absolute Gasteiger partial charge is 0.309 e. The predicted octanol–water partition coefficient (Wildman–Crippen LogP) is 3.07. The topological polar surface area (TPSA) is 26.3 Å². The Kier molecular flexibility index (Phi) is 2.74. The van der Waals surface area contributed by atoms with E-state index in [4.69, 9.17) is 4.74 Å². The zero-order chi connectivity index (χ0) is 11.0. The van der Waals surface area contributed by atoms with Crippen LogP contribution in [0.4, 0.5) is 0 Å². The standard InChI is InChI=1S/C14H20O2/c15-14(16-12-4-2-1-3-5-12)13-9-10-6-7-11(13)8-10/h6-7,10-13H,1-5,8-9H2/t10-,11-,13+/m0/s1. The summed E-state index contributed by atoms with van der Waals surface area (Å²) < 4.78 is 5.66. The highest BCUT2D eigenvalue weighted by Gasteiger charge is 2.41. The number of hydrogen-bond donors (Lipinski definition) is 0. The normalized spacial score (nSPS) is 37.9. The number of carbonyl (C=O) groups excluding carboxylic acids is 1. The van der Waals surface area contributed by atoms with Gasteiger partial charge in [-0.05, 0) is 50.4 Å². The van der Waals surface area contributed by atoms with Crippen LogP contribution in [0, 0.1) is 17.8 Å². The second-order valence-electron chi connectivity index (χ2n) is 5.58. The van der Waals surface area contributed by atoms with Crippen LogP contribution in [0.15, 0.2) is 12.2 Å². The molecule has 2 fully saturated rings. The molecule has 0 unspecified atom stereocenters. The summed E-state index contributed by atoms with van der Waals surface area (Å²) in [6, 6.07) is 0. The van der Waals surface area contributed by atoms with Gasteiger partial charge in [-0.15, -0.1) is 0 Å². The fourth-order valence-electron chi connectivity index (χ4n) is 3.49. The maximum Gasteiger partial charge on any atom is 0.309 e. The van der Waals surface area contributed by atoms with Gasteiger partial charge in [0.15, 0.2) is 0 Å². The van der Waals surface area contributed by atoms with E-state index in [2.05, 4.69) is 12.2 Å². The van der Waals surface area contributed by atoms with Gasteiger partial charge in [0.05, 0.1) is 5.92 Å². The van der Waals surface area contributed by atoms with Crippen LogP contribution in [-0.2, 0) is 9.53 Å². The van der Waals surface area contributed by atoms with E-state index >= 15 is 0 Å². The van der Waals surface area contributed by atoms with Crippen LogP contribution in [0.5, 0.6) is 0 Å². The van der Waals surface area contributed by atoms with Crippen molar-refractivity contribution in [3.05, 3.63) is 12.2 Å². The van der Waals surface area contributed by atoms with E-state index in [0.717, 1.165) is 19.3 Å². The van der Waals surface area contributed by atoms with Gasteiger partial charge in [-0.2, -0.15) is 0 Å². The second kappa shape index (κ2) is 4.23. The van der Waals surface area contributed by atoms with Crippen molar-refractivity contribution in [3.63, 3.8) is 0 Å². The fraction of sp³-hybridized carbons (Fsp3) is 0.786. The average Bonchev–Trinajstić information content (AvgIpc) is 2.92. The van der Waals surface area contributed by atoms with Gasteiger partial charge in [0.25, 0.3) is 0 Å². The van der Waals surface area contributed by atoms with E-state index < -0.39 is 0 Å². The lowest BCUT2D eigenvalue weighted by molar-refractivity contribution is -0.156. The van der Waals surface area contributed by atoms with Crippen molar-refractivity contribution >= 4 is 5.97 Å². The van der Waals surface area contributed by atoms with Crippen molar-refractivity contribution < 1.29 is 9.53 Å². The summed E-state index contributed by atoms with van der Waals surface area (Å²) in [5.74, 6) is 1.41. The quantitative estimate of drug-likeness (QED) is 0.528. The molecule has 3 aliphatic rings. The van der Waals surface area contributed by atoms with Crippen LogP contribution < -0.4 is 0 Å². The highest BCUT2D eigenvalue weighted by molar-refractivity contribution is 5.74. The molecule has 0 heterocycles. The van der Waals surface area contributed by atoms with Gasteiger partial charge in [-0.3, -0.25) is 4.79 Å². The van der Waals surface area contributed by atoms with Gasteiger partial charge in [0, 0.05) is 0 Å². The first-order chi connectivity index (χ1) is 7.83. The number of rotatable bonds is 2. The molecule has 16 heavy (non-hydrogen) atoms. The van der Waals surface area contributed by atoms with Gasteiger partial charge < -0.3 is 4.74 Å². The highest BCUT2D eigenvalue weighted by atomic mass is 16.5. The number of carbonyl (C=O) groups is 1. The molecule has 2 saturated carbocycles. The van der Waals surface area contributed by atoms with Gasteiger partial charge in [0.2, 0.25) is 0 Å². The van der Waals surface area contributed by atoms with Crippen molar-refractivity contribution in [1.29, 1.82) is 0 Å². The zero-order valence-corrected chi connectivity index (χ0v) is 9.73.